The largest absolute Gasteiger partial charge is 0.493 e. The first-order chi connectivity index (χ1) is 11.4. The number of ether oxygens (including phenoxy) is 2. The predicted octanol–water partition coefficient (Wildman–Crippen LogP) is 3.58. The average molecular weight is 335 g/mol. The molecule has 0 saturated carbocycles. The SMILES string of the molecule is COc1cccc(C=Nc2ccc(F)cc2F)c1O[C@H](C)C(=O)O. The van der Waals surface area contributed by atoms with Crippen LogP contribution in [0.25, 0.3) is 0 Å². The van der Waals surface area contributed by atoms with Crippen molar-refractivity contribution in [2.75, 3.05) is 7.11 Å². The third-order valence-electron chi connectivity index (χ3n) is 3.12. The fraction of sp³-hybridized carbons (Fsp3) is 0.176. The van der Waals surface area contributed by atoms with Crippen molar-refractivity contribution in [3.63, 3.8) is 0 Å². The zero-order valence-electron chi connectivity index (χ0n) is 13.0. The van der Waals surface area contributed by atoms with Crippen molar-refractivity contribution in [3.8, 4) is 11.5 Å². The Balaban J connectivity index is 2.38. The quantitative estimate of drug-likeness (QED) is 0.820. The molecule has 0 unspecified atom stereocenters. The Labute approximate surface area is 137 Å². The summed E-state index contributed by atoms with van der Waals surface area (Å²) in [6, 6.07) is 7.87. The van der Waals surface area contributed by atoms with Gasteiger partial charge >= 0.3 is 5.97 Å². The second-order valence-electron chi connectivity index (χ2n) is 4.83. The Bertz CT molecular complexity index is 777. The van der Waals surface area contributed by atoms with E-state index in [0.29, 0.717) is 11.3 Å². The van der Waals surface area contributed by atoms with Crippen molar-refractivity contribution < 1.29 is 28.2 Å². The molecule has 126 valence electrons. The molecule has 1 atom stereocenters. The number of hydrogen-bond donors (Lipinski definition) is 1. The van der Waals surface area contributed by atoms with Crippen LogP contribution in [-0.4, -0.2) is 30.5 Å². The summed E-state index contributed by atoms with van der Waals surface area (Å²) < 4.78 is 37.1. The summed E-state index contributed by atoms with van der Waals surface area (Å²) in [5.41, 5.74) is 0.336. The van der Waals surface area contributed by atoms with Gasteiger partial charge in [-0.15, -0.1) is 0 Å². The molecule has 0 aliphatic rings. The molecule has 0 aromatic heterocycles. The standard InChI is InChI=1S/C17H15F2NO4/c1-10(17(21)22)24-16-11(4-3-5-15(16)23-2)9-20-14-7-6-12(18)8-13(14)19/h3-10H,1-2H3,(H,21,22)/t10-/m1/s1. The monoisotopic (exact) mass is 335 g/mol. The summed E-state index contributed by atoms with van der Waals surface area (Å²) >= 11 is 0. The molecule has 0 aliphatic heterocycles. The van der Waals surface area contributed by atoms with Crippen molar-refractivity contribution in [1.29, 1.82) is 0 Å². The third kappa shape index (κ3) is 4.07. The fourth-order valence-corrected chi connectivity index (χ4v) is 1.87. The van der Waals surface area contributed by atoms with Crippen molar-refractivity contribution >= 4 is 17.9 Å². The molecular weight excluding hydrogens is 320 g/mol. The van der Waals surface area contributed by atoms with Gasteiger partial charge in [0.1, 0.15) is 5.82 Å². The number of hydrogen-bond acceptors (Lipinski definition) is 4. The lowest BCUT2D eigenvalue weighted by atomic mass is 10.2. The van der Waals surface area contributed by atoms with Crippen LogP contribution in [0.4, 0.5) is 14.5 Å². The zero-order valence-corrected chi connectivity index (χ0v) is 13.0. The summed E-state index contributed by atoms with van der Waals surface area (Å²) in [4.78, 5) is 14.9. The van der Waals surface area contributed by atoms with Crippen LogP contribution in [0.2, 0.25) is 0 Å². The van der Waals surface area contributed by atoms with Crippen molar-refractivity contribution in [2.24, 2.45) is 4.99 Å². The molecule has 1 N–H and O–H groups in total. The molecule has 7 heteroatoms. The number of aliphatic carboxylic acids is 1. The zero-order chi connectivity index (χ0) is 17.7. The lowest BCUT2D eigenvalue weighted by Gasteiger charge is -2.15. The van der Waals surface area contributed by atoms with Gasteiger partial charge < -0.3 is 14.6 Å². The van der Waals surface area contributed by atoms with Gasteiger partial charge in [0, 0.05) is 17.8 Å². The average Bonchev–Trinajstić information content (AvgIpc) is 2.54. The maximum atomic E-state index is 13.6. The number of halogens is 2. The van der Waals surface area contributed by atoms with E-state index in [1.54, 1.807) is 18.2 Å². The third-order valence-corrected chi connectivity index (χ3v) is 3.12. The lowest BCUT2D eigenvalue weighted by Crippen LogP contribution is -2.23. The Morgan fingerprint density at radius 2 is 2.04 bits per heavy atom. The van der Waals surface area contributed by atoms with E-state index in [0.717, 1.165) is 12.1 Å². The molecular formula is C17H15F2NO4. The molecule has 24 heavy (non-hydrogen) atoms. The highest BCUT2D eigenvalue weighted by molar-refractivity contribution is 5.87. The van der Waals surface area contributed by atoms with Gasteiger partial charge in [-0.3, -0.25) is 4.99 Å². The van der Waals surface area contributed by atoms with Crippen LogP contribution in [0.3, 0.4) is 0 Å². The van der Waals surface area contributed by atoms with Gasteiger partial charge in [0.05, 0.1) is 12.8 Å². The van der Waals surface area contributed by atoms with E-state index in [9.17, 15) is 13.6 Å². The van der Waals surface area contributed by atoms with E-state index in [2.05, 4.69) is 4.99 Å². The van der Waals surface area contributed by atoms with Gasteiger partial charge in [-0.1, -0.05) is 6.07 Å². The topological polar surface area (TPSA) is 68.1 Å². The summed E-state index contributed by atoms with van der Waals surface area (Å²) in [6.07, 6.45) is 0.180. The summed E-state index contributed by atoms with van der Waals surface area (Å²) in [5, 5.41) is 8.98. The molecule has 0 saturated heterocycles. The second-order valence-corrected chi connectivity index (χ2v) is 4.83. The number of carboxylic acid groups (broad SMARTS) is 1. The number of rotatable bonds is 6. The summed E-state index contributed by atoms with van der Waals surface area (Å²) in [7, 11) is 1.41. The van der Waals surface area contributed by atoms with Gasteiger partial charge in [0.25, 0.3) is 0 Å². The highest BCUT2D eigenvalue weighted by Crippen LogP contribution is 2.31. The number of carboxylic acids is 1. The molecule has 0 spiro atoms. The van der Waals surface area contributed by atoms with Crippen molar-refractivity contribution in [3.05, 3.63) is 53.6 Å². The van der Waals surface area contributed by atoms with Crippen LogP contribution in [0.15, 0.2) is 41.4 Å². The van der Waals surface area contributed by atoms with Crippen molar-refractivity contribution in [2.45, 2.75) is 13.0 Å². The molecule has 0 fully saturated rings. The van der Waals surface area contributed by atoms with E-state index >= 15 is 0 Å². The fourth-order valence-electron chi connectivity index (χ4n) is 1.87. The number of para-hydroxylation sites is 1. The van der Waals surface area contributed by atoms with Gasteiger partial charge in [0.2, 0.25) is 0 Å². The van der Waals surface area contributed by atoms with E-state index in [4.69, 9.17) is 14.6 Å². The van der Waals surface area contributed by atoms with Gasteiger partial charge in [-0.25, -0.2) is 13.6 Å². The van der Waals surface area contributed by atoms with Crippen molar-refractivity contribution in [1.82, 2.24) is 0 Å². The summed E-state index contributed by atoms with van der Waals surface area (Å²) in [6.45, 7) is 1.37. The molecule has 2 aromatic carbocycles. The van der Waals surface area contributed by atoms with E-state index < -0.39 is 23.7 Å². The maximum Gasteiger partial charge on any atom is 0.344 e. The van der Waals surface area contributed by atoms with E-state index in [1.807, 2.05) is 0 Å². The second kappa shape index (κ2) is 7.54. The minimum Gasteiger partial charge on any atom is -0.493 e. The van der Waals surface area contributed by atoms with Crippen LogP contribution in [0.5, 0.6) is 11.5 Å². The van der Waals surface area contributed by atoms with Crippen LogP contribution in [0, 0.1) is 11.6 Å². The molecule has 5 nitrogen and oxygen atoms in total. The van der Waals surface area contributed by atoms with Gasteiger partial charge in [-0.2, -0.15) is 0 Å². The number of aliphatic imine (C=N–C) groups is 1. The minimum atomic E-state index is -1.15. The molecule has 2 aromatic rings. The predicted molar refractivity (Wildman–Crippen MR) is 84.3 cm³/mol. The first-order valence-corrected chi connectivity index (χ1v) is 6.98. The number of methoxy groups -OCH3 is 1. The minimum absolute atomic E-state index is 0.0588. The number of benzene rings is 2. The Morgan fingerprint density at radius 3 is 2.67 bits per heavy atom. The summed E-state index contributed by atoms with van der Waals surface area (Å²) in [5.74, 6) is -2.18. The van der Waals surface area contributed by atoms with E-state index in [1.165, 1.54) is 26.3 Å². The van der Waals surface area contributed by atoms with Crippen LogP contribution >= 0.6 is 0 Å². The smallest absolute Gasteiger partial charge is 0.344 e. The Morgan fingerprint density at radius 1 is 1.29 bits per heavy atom. The molecule has 0 bridgehead atoms. The van der Waals surface area contributed by atoms with Crippen LogP contribution in [0.1, 0.15) is 12.5 Å². The normalized spacial score (nSPS) is 12.2. The Hall–Kier alpha value is -2.96. The molecule has 0 amide bonds. The number of nitrogens with zero attached hydrogens (tertiary/aromatic N) is 1. The number of carbonyl (C=O) groups is 1. The lowest BCUT2D eigenvalue weighted by molar-refractivity contribution is -0.144. The molecule has 2 rings (SSSR count). The molecule has 0 aliphatic carbocycles. The van der Waals surface area contributed by atoms with E-state index in [-0.39, 0.29) is 11.4 Å². The highest BCUT2D eigenvalue weighted by Gasteiger charge is 2.18. The first-order valence-electron chi connectivity index (χ1n) is 6.98. The first kappa shape index (κ1) is 17.4. The van der Waals surface area contributed by atoms with Crippen LogP contribution < -0.4 is 9.47 Å². The molecule has 0 radical (unpaired) electrons. The van der Waals surface area contributed by atoms with Gasteiger partial charge in [0.15, 0.2) is 23.4 Å². The van der Waals surface area contributed by atoms with Gasteiger partial charge in [-0.05, 0) is 31.2 Å². The highest BCUT2D eigenvalue weighted by atomic mass is 19.1. The Kier molecular flexibility index (Phi) is 5.47. The molecule has 0 heterocycles. The maximum absolute atomic E-state index is 13.6. The van der Waals surface area contributed by atoms with Crippen LogP contribution in [-0.2, 0) is 4.79 Å².